The molecule has 1 heterocycles. The van der Waals surface area contributed by atoms with Gasteiger partial charge in [0.05, 0.1) is 0 Å². The minimum absolute atomic E-state index is 0.381. The van der Waals surface area contributed by atoms with Crippen LogP contribution in [0, 0.1) is 0 Å². The number of hydrogen-bond acceptors (Lipinski definition) is 5. The topological polar surface area (TPSA) is 64.3 Å². The maximum absolute atomic E-state index is 5.74. The number of ether oxygens (including phenoxy) is 1. The van der Waals surface area contributed by atoms with E-state index in [2.05, 4.69) is 28.7 Å². The van der Waals surface area contributed by atoms with Crippen LogP contribution in [0.15, 0.2) is 6.07 Å². The van der Waals surface area contributed by atoms with Gasteiger partial charge in [-0.2, -0.15) is 0 Å². The largest absolute Gasteiger partial charge is 0.384 e. The van der Waals surface area contributed by atoms with E-state index < -0.39 is 0 Å². The summed E-state index contributed by atoms with van der Waals surface area (Å²) in [5.74, 6) is 1.94. The lowest BCUT2D eigenvalue weighted by Gasteiger charge is -2.25. The van der Waals surface area contributed by atoms with Crippen LogP contribution in [0.4, 0.5) is 11.6 Å². The van der Waals surface area contributed by atoms with Crippen LogP contribution in [0.5, 0.6) is 0 Å². The lowest BCUT2D eigenvalue weighted by Crippen LogP contribution is -2.29. The Hall–Kier alpha value is -1.36. The highest BCUT2D eigenvalue weighted by molar-refractivity contribution is 5.47. The van der Waals surface area contributed by atoms with Crippen LogP contribution in [0.25, 0.3) is 0 Å². The van der Waals surface area contributed by atoms with Crippen LogP contribution in [-0.4, -0.2) is 30.2 Å². The molecular weight excluding hydrogens is 204 g/mol. The second-order valence-corrected chi connectivity index (χ2v) is 3.87. The fourth-order valence-corrected chi connectivity index (χ4v) is 1.38. The van der Waals surface area contributed by atoms with Gasteiger partial charge in [-0.15, -0.1) is 0 Å². The fourth-order valence-electron chi connectivity index (χ4n) is 1.38. The Kier molecular flexibility index (Phi) is 4.49. The van der Waals surface area contributed by atoms with Gasteiger partial charge in [0.15, 0.2) is 5.82 Å². The highest BCUT2D eigenvalue weighted by Crippen LogP contribution is 2.16. The third-order valence-electron chi connectivity index (χ3n) is 2.67. The highest BCUT2D eigenvalue weighted by Gasteiger charge is 2.11. The van der Waals surface area contributed by atoms with E-state index in [1.807, 2.05) is 7.05 Å². The van der Waals surface area contributed by atoms with E-state index >= 15 is 0 Å². The van der Waals surface area contributed by atoms with E-state index in [1.165, 1.54) is 0 Å². The number of rotatable bonds is 5. The standard InChI is InChI=1S/C11H20N4O/c1-5-8(2)15(3)11-6-9(12)13-10(14-11)7-16-4/h6,8H,5,7H2,1-4H3,(H2,12,13,14). The second kappa shape index (κ2) is 5.65. The first-order valence-electron chi connectivity index (χ1n) is 5.43. The summed E-state index contributed by atoms with van der Waals surface area (Å²) in [6.45, 7) is 4.67. The van der Waals surface area contributed by atoms with Gasteiger partial charge in [0.25, 0.3) is 0 Å². The summed E-state index contributed by atoms with van der Waals surface area (Å²) in [5.41, 5.74) is 5.74. The molecule has 0 aromatic carbocycles. The smallest absolute Gasteiger partial charge is 0.158 e. The summed E-state index contributed by atoms with van der Waals surface area (Å²) in [6.07, 6.45) is 1.06. The van der Waals surface area contributed by atoms with Gasteiger partial charge in [-0.25, -0.2) is 9.97 Å². The van der Waals surface area contributed by atoms with Crippen LogP contribution in [0.1, 0.15) is 26.1 Å². The molecule has 5 nitrogen and oxygen atoms in total. The Morgan fingerprint density at radius 1 is 1.50 bits per heavy atom. The number of nitrogens with two attached hydrogens (primary N) is 1. The molecule has 16 heavy (non-hydrogen) atoms. The summed E-state index contributed by atoms with van der Waals surface area (Å²) in [5, 5.41) is 0. The van der Waals surface area contributed by atoms with E-state index in [9.17, 15) is 0 Å². The molecule has 0 bridgehead atoms. The van der Waals surface area contributed by atoms with Crippen molar-refractivity contribution in [3.63, 3.8) is 0 Å². The average Bonchev–Trinajstić information content (AvgIpc) is 2.26. The minimum Gasteiger partial charge on any atom is -0.384 e. The Bertz CT molecular complexity index is 343. The molecule has 0 amide bonds. The molecule has 0 radical (unpaired) electrons. The number of nitrogen functional groups attached to an aromatic ring is 1. The van der Waals surface area contributed by atoms with Gasteiger partial charge in [-0.3, -0.25) is 0 Å². The molecule has 0 saturated heterocycles. The first-order valence-corrected chi connectivity index (χ1v) is 5.43. The number of hydrogen-bond donors (Lipinski definition) is 1. The Morgan fingerprint density at radius 2 is 2.19 bits per heavy atom. The van der Waals surface area contributed by atoms with Crippen molar-refractivity contribution in [3.8, 4) is 0 Å². The van der Waals surface area contributed by atoms with Gasteiger partial charge in [0, 0.05) is 26.3 Å². The van der Waals surface area contributed by atoms with Crippen LogP contribution < -0.4 is 10.6 Å². The number of methoxy groups -OCH3 is 1. The molecule has 0 spiro atoms. The molecule has 0 aliphatic heterocycles. The molecule has 5 heteroatoms. The van der Waals surface area contributed by atoms with Crippen molar-refractivity contribution in [1.29, 1.82) is 0 Å². The van der Waals surface area contributed by atoms with Crippen LogP contribution in [0.3, 0.4) is 0 Å². The van der Waals surface area contributed by atoms with Crippen molar-refractivity contribution in [2.45, 2.75) is 32.9 Å². The molecule has 1 aromatic heterocycles. The molecule has 2 N–H and O–H groups in total. The monoisotopic (exact) mass is 224 g/mol. The Balaban J connectivity index is 2.94. The number of anilines is 2. The maximum atomic E-state index is 5.74. The van der Waals surface area contributed by atoms with Crippen LogP contribution in [-0.2, 0) is 11.3 Å². The lowest BCUT2D eigenvalue weighted by atomic mass is 10.2. The zero-order valence-corrected chi connectivity index (χ0v) is 10.4. The van der Waals surface area contributed by atoms with Crippen LogP contribution in [0.2, 0.25) is 0 Å². The maximum Gasteiger partial charge on any atom is 0.158 e. The van der Waals surface area contributed by atoms with Gasteiger partial charge in [-0.1, -0.05) is 6.92 Å². The summed E-state index contributed by atoms with van der Waals surface area (Å²) in [7, 11) is 3.62. The van der Waals surface area contributed by atoms with E-state index in [4.69, 9.17) is 10.5 Å². The van der Waals surface area contributed by atoms with E-state index in [0.29, 0.717) is 24.3 Å². The van der Waals surface area contributed by atoms with Crippen molar-refractivity contribution >= 4 is 11.6 Å². The molecule has 1 unspecified atom stereocenters. The van der Waals surface area contributed by atoms with Crippen LogP contribution >= 0.6 is 0 Å². The SMILES string of the molecule is CCC(C)N(C)c1cc(N)nc(COC)n1. The molecule has 1 atom stereocenters. The van der Waals surface area contributed by atoms with E-state index in [-0.39, 0.29) is 0 Å². The molecule has 90 valence electrons. The van der Waals surface area contributed by atoms with Crippen molar-refractivity contribution in [2.24, 2.45) is 0 Å². The first-order chi connectivity index (χ1) is 7.58. The molecule has 0 fully saturated rings. The number of aromatic nitrogens is 2. The third kappa shape index (κ3) is 3.06. The summed E-state index contributed by atoms with van der Waals surface area (Å²) in [4.78, 5) is 10.6. The average molecular weight is 224 g/mol. The van der Waals surface area contributed by atoms with Crippen molar-refractivity contribution < 1.29 is 4.74 Å². The normalized spacial score (nSPS) is 12.5. The fraction of sp³-hybridized carbons (Fsp3) is 0.636. The van der Waals surface area contributed by atoms with Gasteiger partial charge in [0.1, 0.15) is 18.2 Å². The first kappa shape index (κ1) is 12.7. The van der Waals surface area contributed by atoms with Gasteiger partial charge in [0.2, 0.25) is 0 Å². The Morgan fingerprint density at radius 3 is 2.75 bits per heavy atom. The predicted molar refractivity (Wildman–Crippen MR) is 65.3 cm³/mol. The summed E-state index contributed by atoms with van der Waals surface area (Å²) >= 11 is 0. The van der Waals surface area contributed by atoms with Crippen molar-refractivity contribution in [1.82, 2.24) is 9.97 Å². The Labute approximate surface area is 96.6 Å². The van der Waals surface area contributed by atoms with Gasteiger partial charge in [-0.05, 0) is 13.3 Å². The lowest BCUT2D eigenvalue weighted by molar-refractivity contribution is 0.178. The van der Waals surface area contributed by atoms with Gasteiger partial charge >= 0.3 is 0 Å². The molecule has 0 aliphatic carbocycles. The van der Waals surface area contributed by atoms with E-state index in [1.54, 1.807) is 13.2 Å². The second-order valence-electron chi connectivity index (χ2n) is 3.87. The zero-order chi connectivity index (χ0) is 12.1. The highest BCUT2D eigenvalue weighted by atomic mass is 16.5. The molecule has 1 aromatic rings. The predicted octanol–water partition coefficient (Wildman–Crippen LogP) is 1.44. The molecular formula is C11H20N4O. The third-order valence-corrected chi connectivity index (χ3v) is 2.67. The summed E-state index contributed by atoms with van der Waals surface area (Å²) in [6, 6.07) is 2.20. The number of nitrogens with zero attached hydrogens (tertiary/aromatic N) is 3. The van der Waals surface area contributed by atoms with E-state index in [0.717, 1.165) is 12.2 Å². The zero-order valence-electron chi connectivity index (χ0n) is 10.4. The summed E-state index contributed by atoms with van der Waals surface area (Å²) < 4.78 is 5.01. The van der Waals surface area contributed by atoms with Crippen molar-refractivity contribution in [3.05, 3.63) is 11.9 Å². The molecule has 0 aliphatic rings. The van der Waals surface area contributed by atoms with Crippen molar-refractivity contribution in [2.75, 3.05) is 24.8 Å². The minimum atomic E-state index is 0.381. The molecule has 1 rings (SSSR count). The quantitative estimate of drug-likeness (QED) is 0.820. The molecule has 0 saturated carbocycles. The van der Waals surface area contributed by atoms with Gasteiger partial charge < -0.3 is 15.4 Å².